The average Bonchev–Trinajstić information content (AvgIpc) is 2.90. The second-order valence-electron chi connectivity index (χ2n) is 6.32. The number of nitrogens with one attached hydrogen (secondary N) is 1. The summed E-state index contributed by atoms with van der Waals surface area (Å²) in [6.07, 6.45) is 0.763. The number of anilines is 1. The van der Waals surface area contributed by atoms with Crippen LogP contribution in [0.1, 0.15) is 44.9 Å². The van der Waals surface area contributed by atoms with Crippen LogP contribution in [0.4, 0.5) is 18.9 Å². The number of esters is 1. The van der Waals surface area contributed by atoms with Crippen molar-refractivity contribution >= 4 is 28.9 Å². The molecule has 1 amide bonds. The van der Waals surface area contributed by atoms with E-state index in [2.05, 4.69) is 5.32 Å². The molecule has 2 aromatic rings. The van der Waals surface area contributed by atoms with Gasteiger partial charge in [0, 0.05) is 10.6 Å². The van der Waals surface area contributed by atoms with Gasteiger partial charge in [-0.05, 0) is 55.5 Å². The van der Waals surface area contributed by atoms with E-state index in [4.69, 9.17) is 4.74 Å². The summed E-state index contributed by atoms with van der Waals surface area (Å²) in [6.45, 7) is -0.558. The summed E-state index contributed by atoms with van der Waals surface area (Å²) in [7, 11) is 0. The first-order valence-corrected chi connectivity index (χ1v) is 9.40. The fourth-order valence-corrected chi connectivity index (χ4v) is 4.09. The lowest BCUT2D eigenvalue weighted by atomic mass is 10.1. The third-order valence-electron chi connectivity index (χ3n) is 4.26. The number of carbonyl (C=O) groups is 2. The summed E-state index contributed by atoms with van der Waals surface area (Å²) in [5.74, 6) is -1.28. The largest absolute Gasteiger partial charge is 0.451 e. The van der Waals surface area contributed by atoms with Gasteiger partial charge < -0.3 is 10.1 Å². The standard InChI is InChI=1S/C19H18F3NO3S/c20-19(21,22)13-6-4-7-14(10-13)23-17(24)11-26-18(25)16-9-12-5-2-1-3-8-15(12)27-16/h4,6-7,9-10H,1-3,5,8,11H2,(H,23,24). The Kier molecular flexibility index (Phi) is 5.84. The Balaban J connectivity index is 1.55. The molecular weight excluding hydrogens is 379 g/mol. The van der Waals surface area contributed by atoms with Crippen LogP contribution in [0.2, 0.25) is 0 Å². The van der Waals surface area contributed by atoms with Crippen LogP contribution in [-0.4, -0.2) is 18.5 Å². The van der Waals surface area contributed by atoms with Gasteiger partial charge in [-0.1, -0.05) is 12.5 Å². The minimum Gasteiger partial charge on any atom is -0.451 e. The Morgan fingerprint density at radius 3 is 2.67 bits per heavy atom. The maximum atomic E-state index is 12.7. The summed E-state index contributed by atoms with van der Waals surface area (Å²) in [4.78, 5) is 25.7. The number of halogens is 3. The molecule has 8 heteroatoms. The van der Waals surface area contributed by atoms with Crippen LogP contribution < -0.4 is 5.32 Å². The summed E-state index contributed by atoms with van der Waals surface area (Å²) < 4.78 is 43.1. The van der Waals surface area contributed by atoms with Crippen molar-refractivity contribution < 1.29 is 27.5 Å². The van der Waals surface area contributed by atoms with E-state index in [0.717, 1.165) is 43.4 Å². The highest BCUT2D eigenvalue weighted by Crippen LogP contribution is 2.31. The van der Waals surface area contributed by atoms with Gasteiger partial charge in [0.1, 0.15) is 4.88 Å². The van der Waals surface area contributed by atoms with Crippen LogP contribution in [0.15, 0.2) is 30.3 Å². The van der Waals surface area contributed by atoms with Gasteiger partial charge in [-0.3, -0.25) is 4.79 Å². The Bertz CT molecular complexity index is 821. The maximum absolute atomic E-state index is 12.7. The number of benzene rings is 1. The van der Waals surface area contributed by atoms with Gasteiger partial charge in [-0.25, -0.2) is 4.79 Å². The van der Waals surface area contributed by atoms with Crippen LogP contribution in [0.5, 0.6) is 0 Å². The topological polar surface area (TPSA) is 55.4 Å². The lowest BCUT2D eigenvalue weighted by molar-refractivity contribution is -0.137. The fraction of sp³-hybridized carbons (Fsp3) is 0.368. The van der Waals surface area contributed by atoms with Crippen LogP contribution in [-0.2, 0) is 28.5 Å². The van der Waals surface area contributed by atoms with Crippen LogP contribution in [0.25, 0.3) is 0 Å². The second kappa shape index (κ2) is 8.12. The van der Waals surface area contributed by atoms with Crippen molar-refractivity contribution in [1.29, 1.82) is 0 Å². The molecule has 0 saturated heterocycles. The van der Waals surface area contributed by atoms with Crippen molar-refractivity contribution in [2.24, 2.45) is 0 Å². The van der Waals surface area contributed by atoms with E-state index in [1.54, 1.807) is 0 Å². The van der Waals surface area contributed by atoms with Crippen molar-refractivity contribution in [3.8, 4) is 0 Å². The van der Waals surface area contributed by atoms with Gasteiger partial charge in [0.2, 0.25) is 0 Å². The van der Waals surface area contributed by atoms with E-state index in [1.807, 2.05) is 6.07 Å². The highest BCUT2D eigenvalue weighted by atomic mass is 32.1. The molecule has 0 fully saturated rings. The quantitative estimate of drug-likeness (QED) is 0.594. The lowest BCUT2D eigenvalue weighted by Crippen LogP contribution is -2.21. The molecule has 0 bridgehead atoms. The number of amides is 1. The summed E-state index contributed by atoms with van der Waals surface area (Å²) in [5, 5.41) is 2.31. The number of rotatable bonds is 4. The van der Waals surface area contributed by atoms with Crippen molar-refractivity contribution in [2.75, 3.05) is 11.9 Å². The third-order valence-corrected chi connectivity index (χ3v) is 5.47. The average molecular weight is 397 g/mol. The highest BCUT2D eigenvalue weighted by molar-refractivity contribution is 7.14. The van der Waals surface area contributed by atoms with Crippen LogP contribution in [0.3, 0.4) is 0 Å². The Hall–Kier alpha value is -2.35. The molecule has 1 aromatic heterocycles. The number of aryl methyl sites for hydroxylation is 2. The molecule has 1 aliphatic carbocycles. The molecule has 144 valence electrons. The van der Waals surface area contributed by atoms with E-state index in [1.165, 1.54) is 34.8 Å². The Morgan fingerprint density at radius 1 is 1.11 bits per heavy atom. The van der Waals surface area contributed by atoms with Crippen molar-refractivity contribution in [2.45, 2.75) is 38.3 Å². The first-order chi connectivity index (χ1) is 12.8. The molecular formula is C19H18F3NO3S. The number of alkyl halides is 3. The van der Waals surface area contributed by atoms with Crippen molar-refractivity contribution in [3.05, 3.63) is 51.2 Å². The fourth-order valence-electron chi connectivity index (χ4n) is 2.94. The molecule has 0 atom stereocenters. The van der Waals surface area contributed by atoms with E-state index in [9.17, 15) is 22.8 Å². The number of ether oxygens (including phenoxy) is 1. The normalized spacial score (nSPS) is 14.2. The van der Waals surface area contributed by atoms with Gasteiger partial charge in [0.25, 0.3) is 5.91 Å². The first-order valence-electron chi connectivity index (χ1n) is 8.59. The van der Waals surface area contributed by atoms with E-state index < -0.39 is 30.2 Å². The molecule has 1 aliphatic rings. The second-order valence-corrected chi connectivity index (χ2v) is 7.46. The van der Waals surface area contributed by atoms with Crippen LogP contribution >= 0.6 is 11.3 Å². The summed E-state index contributed by atoms with van der Waals surface area (Å²) in [6, 6.07) is 6.10. The molecule has 3 rings (SSSR count). The van der Waals surface area contributed by atoms with Gasteiger partial charge >= 0.3 is 12.1 Å². The zero-order valence-electron chi connectivity index (χ0n) is 14.4. The first kappa shape index (κ1) is 19.4. The Labute approximate surface area is 158 Å². The summed E-state index contributed by atoms with van der Waals surface area (Å²) >= 11 is 1.39. The van der Waals surface area contributed by atoms with E-state index in [-0.39, 0.29) is 5.69 Å². The molecule has 0 aliphatic heterocycles. The number of carbonyl (C=O) groups excluding carboxylic acids is 2. The van der Waals surface area contributed by atoms with E-state index >= 15 is 0 Å². The molecule has 1 heterocycles. The minimum absolute atomic E-state index is 0.00582. The van der Waals surface area contributed by atoms with Gasteiger partial charge in [0.05, 0.1) is 5.56 Å². The molecule has 0 radical (unpaired) electrons. The number of thiophene rings is 1. The SMILES string of the molecule is O=C(COC(=O)c1cc2c(s1)CCCCC2)Nc1cccc(C(F)(F)F)c1. The predicted molar refractivity (Wildman–Crippen MR) is 95.9 cm³/mol. The monoisotopic (exact) mass is 397 g/mol. The molecule has 4 nitrogen and oxygen atoms in total. The molecule has 1 aromatic carbocycles. The maximum Gasteiger partial charge on any atom is 0.416 e. The lowest BCUT2D eigenvalue weighted by Gasteiger charge is -2.10. The highest BCUT2D eigenvalue weighted by Gasteiger charge is 2.30. The van der Waals surface area contributed by atoms with Crippen molar-refractivity contribution in [1.82, 2.24) is 0 Å². The number of hydrogen-bond acceptors (Lipinski definition) is 4. The number of fused-ring (bicyclic) bond motifs is 1. The minimum atomic E-state index is -4.50. The van der Waals surface area contributed by atoms with Gasteiger partial charge in [0.15, 0.2) is 6.61 Å². The van der Waals surface area contributed by atoms with E-state index in [0.29, 0.717) is 4.88 Å². The van der Waals surface area contributed by atoms with Gasteiger partial charge in [-0.2, -0.15) is 13.2 Å². The summed E-state index contributed by atoms with van der Waals surface area (Å²) in [5.41, 5.74) is 0.295. The van der Waals surface area contributed by atoms with Crippen LogP contribution in [0, 0.1) is 0 Å². The molecule has 0 unspecified atom stereocenters. The predicted octanol–water partition coefficient (Wildman–Crippen LogP) is 4.83. The zero-order chi connectivity index (χ0) is 19.4. The molecule has 1 N–H and O–H groups in total. The molecule has 27 heavy (non-hydrogen) atoms. The van der Waals surface area contributed by atoms with Gasteiger partial charge in [-0.15, -0.1) is 11.3 Å². The molecule has 0 spiro atoms. The third kappa shape index (κ3) is 5.09. The molecule has 0 saturated carbocycles. The smallest absolute Gasteiger partial charge is 0.416 e. The zero-order valence-corrected chi connectivity index (χ0v) is 15.2. The number of hydrogen-bond donors (Lipinski definition) is 1. The van der Waals surface area contributed by atoms with Crippen molar-refractivity contribution in [3.63, 3.8) is 0 Å². The Morgan fingerprint density at radius 2 is 1.89 bits per heavy atom.